The molecule has 2 nitrogen and oxygen atoms in total. The van der Waals surface area contributed by atoms with Gasteiger partial charge in [0.05, 0.1) is 6.10 Å². The summed E-state index contributed by atoms with van der Waals surface area (Å²) in [5.74, 6) is 0.495. The monoisotopic (exact) mass is 172 g/mol. The van der Waals surface area contributed by atoms with Crippen LogP contribution >= 0.6 is 0 Å². The Morgan fingerprint density at radius 1 is 1.58 bits per heavy atom. The van der Waals surface area contributed by atoms with Crippen molar-refractivity contribution in [2.24, 2.45) is 5.92 Å². The molecule has 0 amide bonds. The van der Waals surface area contributed by atoms with Gasteiger partial charge in [0.25, 0.3) is 0 Å². The molecule has 2 unspecified atom stereocenters. The van der Waals surface area contributed by atoms with Crippen LogP contribution in [0.15, 0.2) is 0 Å². The van der Waals surface area contributed by atoms with E-state index in [1.165, 1.54) is 12.8 Å². The molecule has 0 aliphatic carbocycles. The van der Waals surface area contributed by atoms with Gasteiger partial charge in [-0.2, -0.15) is 0 Å². The average Bonchev–Trinajstić information content (AvgIpc) is 2.59. The van der Waals surface area contributed by atoms with E-state index in [1.54, 1.807) is 0 Å². The molecule has 2 heteroatoms. The summed E-state index contributed by atoms with van der Waals surface area (Å²) in [5, 5.41) is 8.96. The summed E-state index contributed by atoms with van der Waals surface area (Å²) in [5.41, 5.74) is 0. The molecule has 1 N–H and O–H groups in total. The second-order valence-electron chi connectivity index (χ2n) is 3.67. The zero-order chi connectivity index (χ0) is 8.81. The van der Waals surface area contributed by atoms with Crippen molar-refractivity contribution in [3.8, 4) is 0 Å². The van der Waals surface area contributed by atoms with E-state index in [1.807, 2.05) is 0 Å². The molecule has 1 heterocycles. The first kappa shape index (κ1) is 10.0. The van der Waals surface area contributed by atoms with Crippen molar-refractivity contribution in [2.45, 2.75) is 45.1 Å². The fourth-order valence-corrected chi connectivity index (χ4v) is 1.72. The summed E-state index contributed by atoms with van der Waals surface area (Å²) in [4.78, 5) is 0. The maximum atomic E-state index is 8.96. The lowest BCUT2D eigenvalue weighted by Gasteiger charge is -2.14. The molecule has 0 aromatic rings. The van der Waals surface area contributed by atoms with Crippen molar-refractivity contribution in [3.63, 3.8) is 0 Å². The molecule has 72 valence electrons. The van der Waals surface area contributed by atoms with Crippen molar-refractivity contribution in [1.82, 2.24) is 0 Å². The highest BCUT2D eigenvalue weighted by Gasteiger charge is 2.16. The molecule has 1 aliphatic rings. The Labute approximate surface area is 74.9 Å². The molecule has 1 fully saturated rings. The summed E-state index contributed by atoms with van der Waals surface area (Å²) >= 11 is 0. The minimum atomic E-state index is 0.337. The Balaban J connectivity index is 2.06. The molecule has 2 atom stereocenters. The van der Waals surface area contributed by atoms with Gasteiger partial charge in [-0.15, -0.1) is 0 Å². The molecular formula is C10H20O2. The molecule has 1 saturated heterocycles. The molecule has 12 heavy (non-hydrogen) atoms. The van der Waals surface area contributed by atoms with Crippen LogP contribution in [-0.2, 0) is 4.74 Å². The Kier molecular flexibility index (Phi) is 4.62. The SMILES string of the molecule is CCC(CO)CCC1CCCO1. The third kappa shape index (κ3) is 3.11. The predicted octanol–water partition coefficient (Wildman–Crippen LogP) is 1.96. The van der Waals surface area contributed by atoms with Crippen LogP contribution in [0.4, 0.5) is 0 Å². The van der Waals surface area contributed by atoms with E-state index >= 15 is 0 Å². The highest BCUT2D eigenvalue weighted by molar-refractivity contribution is 4.67. The Hall–Kier alpha value is -0.0800. The topological polar surface area (TPSA) is 29.5 Å². The second-order valence-corrected chi connectivity index (χ2v) is 3.67. The van der Waals surface area contributed by atoms with Crippen LogP contribution < -0.4 is 0 Å². The van der Waals surface area contributed by atoms with Crippen LogP contribution in [0.5, 0.6) is 0 Å². The molecule has 0 saturated carbocycles. The van der Waals surface area contributed by atoms with Crippen LogP contribution in [-0.4, -0.2) is 24.4 Å². The van der Waals surface area contributed by atoms with E-state index in [0.29, 0.717) is 18.6 Å². The lowest BCUT2D eigenvalue weighted by Crippen LogP contribution is -2.11. The van der Waals surface area contributed by atoms with Crippen molar-refractivity contribution in [2.75, 3.05) is 13.2 Å². The summed E-state index contributed by atoms with van der Waals surface area (Å²) < 4.78 is 5.51. The summed E-state index contributed by atoms with van der Waals surface area (Å²) in [6.45, 7) is 3.42. The van der Waals surface area contributed by atoms with Crippen LogP contribution in [0.25, 0.3) is 0 Å². The predicted molar refractivity (Wildman–Crippen MR) is 49.1 cm³/mol. The Morgan fingerprint density at radius 2 is 2.42 bits per heavy atom. The second kappa shape index (κ2) is 5.55. The van der Waals surface area contributed by atoms with Gasteiger partial charge in [0, 0.05) is 13.2 Å². The largest absolute Gasteiger partial charge is 0.396 e. The van der Waals surface area contributed by atoms with E-state index in [4.69, 9.17) is 9.84 Å². The molecule has 0 aromatic heterocycles. The minimum Gasteiger partial charge on any atom is -0.396 e. The van der Waals surface area contributed by atoms with E-state index in [9.17, 15) is 0 Å². The Morgan fingerprint density at radius 3 is 2.92 bits per heavy atom. The molecular weight excluding hydrogens is 152 g/mol. The van der Waals surface area contributed by atoms with E-state index in [0.717, 1.165) is 25.9 Å². The first-order chi connectivity index (χ1) is 5.86. The minimum absolute atomic E-state index is 0.337. The van der Waals surface area contributed by atoms with Gasteiger partial charge in [-0.25, -0.2) is 0 Å². The first-order valence-electron chi connectivity index (χ1n) is 5.09. The first-order valence-corrected chi connectivity index (χ1v) is 5.09. The fraction of sp³-hybridized carbons (Fsp3) is 1.00. The fourth-order valence-electron chi connectivity index (χ4n) is 1.72. The maximum absolute atomic E-state index is 8.96. The van der Waals surface area contributed by atoms with Crippen LogP contribution in [0.2, 0.25) is 0 Å². The van der Waals surface area contributed by atoms with E-state index in [2.05, 4.69) is 6.92 Å². The third-order valence-electron chi connectivity index (χ3n) is 2.76. The molecule has 1 aliphatic heterocycles. The number of aliphatic hydroxyl groups is 1. The van der Waals surface area contributed by atoms with Gasteiger partial charge in [0.15, 0.2) is 0 Å². The summed E-state index contributed by atoms with van der Waals surface area (Å²) in [6.07, 6.45) is 6.29. The van der Waals surface area contributed by atoms with Crippen LogP contribution in [0.3, 0.4) is 0 Å². The normalized spacial score (nSPS) is 26.0. The number of ether oxygens (including phenoxy) is 1. The van der Waals surface area contributed by atoms with Gasteiger partial charge in [0.1, 0.15) is 0 Å². The van der Waals surface area contributed by atoms with Gasteiger partial charge >= 0.3 is 0 Å². The zero-order valence-corrected chi connectivity index (χ0v) is 7.96. The van der Waals surface area contributed by atoms with Gasteiger partial charge in [-0.1, -0.05) is 13.3 Å². The number of hydrogen-bond donors (Lipinski definition) is 1. The zero-order valence-electron chi connectivity index (χ0n) is 7.96. The van der Waals surface area contributed by atoms with Crippen molar-refractivity contribution in [3.05, 3.63) is 0 Å². The molecule has 0 aromatic carbocycles. The van der Waals surface area contributed by atoms with Crippen molar-refractivity contribution in [1.29, 1.82) is 0 Å². The highest BCUT2D eigenvalue weighted by atomic mass is 16.5. The molecule has 0 radical (unpaired) electrons. The molecule has 1 rings (SSSR count). The molecule has 0 bridgehead atoms. The summed E-state index contributed by atoms with van der Waals surface area (Å²) in [6, 6.07) is 0. The maximum Gasteiger partial charge on any atom is 0.0576 e. The molecule has 0 spiro atoms. The average molecular weight is 172 g/mol. The number of rotatable bonds is 5. The lowest BCUT2D eigenvalue weighted by molar-refractivity contribution is 0.0928. The number of hydrogen-bond acceptors (Lipinski definition) is 2. The van der Waals surface area contributed by atoms with Gasteiger partial charge < -0.3 is 9.84 Å². The van der Waals surface area contributed by atoms with Crippen LogP contribution in [0, 0.1) is 5.92 Å². The van der Waals surface area contributed by atoms with Crippen molar-refractivity contribution < 1.29 is 9.84 Å². The lowest BCUT2D eigenvalue weighted by atomic mass is 9.98. The quantitative estimate of drug-likeness (QED) is 0.687. The highest BCUT2D eigenvalue weighted by Crippen LogP contribution is 2.20. The Bertz CT molecular complexity index is 102. The van der Waals surface area contributed by atoms with Gasteiger partial charge in [0.2, 0.25) is 0 Å². The summed E-state index contributed by atoms with van der Waals surface area (Å²) in [7, 11) is 0. The standard InChI is InChI=1S/C10H20O2/c1-2-9(8-11)5-6-10-4-3-7-12-10/h9-11H,2-8H2,1H3. The van der Waals surface area contributed by atoms with Gasteiger partial charge in [-0.3, -0.25) is 0 Å². The smallest absolute Gasteiger partial charge is 0.0576 e. The van der Waals surface area contributed by atoms with Gasteiger partial charge in [-0.05, 0) is 31.6 Å². The van der Waals surface area contributed by atoms with E-state index < -0.39 is 0 Å². The van der Waals surface area contributed by atoms with Crippen molar-refractivity contribution >= 4 is 0 Å². The third-order valence-corrected chi connectivity index (χ3v) is 2.76. The van der Waals surface area contributed by atoms with E-state index in [-0.39, 0.29) is 0 Å². The number of aliphatic hydroxyl groups excluding tert-OH is 1. The van der Waals surface area contributed by atoms with Crippen LogP contribution in [0.1, 0.15) is 39.0 Å².